The van der Waals surface area contributed by atoms with Crippen LogP contribution >= 0.6 is 0 Å². The number of para-hydroxylation sites is 2. The van der Waals surface area contributed by atoms with E-state index in [2.05, 4.69) is 19.1 Å². The van der Waals surface area contributed by atoms with Crippen LogP contribution in [0.4, 0.5) is 0 Å². The number of rotatable bonds is 8. The lowest BCUT2D eigenvalue weighted by atomic mass is 9.98. The first-order valence-corrected chi connectivity index (χ1v) is 9.34. The van der Waals surface area contributed by atoms with Crippen molar-refractivity contribution < 1.29 is 9.47 Å². The normalized spacial score (nSPS) is 10.1. The van der Waals surface area contributed by atoms with Crippen LogP contribution in [0, 0.1) is 19.3 Å². The molecule has 3 nitrogen and oxygen atoms in total. The van der Waals surface area contributed by atoms with Gasteiger partial charge in [-0.1, -0.05) is 55.5 Å². The quantitative estimate of drug-likeness (QED) is 0.363. The second kappa shape index (κ2) is 9.43. The van der Waals surface area contributed by atoms with E-state index in [4.69, 9.17) is 20.9 Å². The molecule has 1 heterocycles. The van der Waals surface area contributed by atoms with E-state index in [0.717, 1.165) is 33.7 Å². The molecule has 144 valence electrons. The largest absolute Gasteiger partial charge is 0.489 e. The molecule has 0 aliphatic heterocycles. The highest BCUT2D eigenvalue weighted by Crippen LogP contribution is 2.36. The molecule has 0 unspecified atom stereocenters. The molecule has 0 aliphatic carbocycles. The van der Waals surface area contributed by atoms with Gasteiger partial charge in [0.15, 0.2) is 0 Å². The molecule has 0 radical (unpaired) electrons. The average Bonchev–Trinajstić information content (AvgIpc) is 2.76. The van der Waals surface area contributed by atoms with Gasteiger partial charge in [-0.15, -0.1) is 6.42 Å². The number of aryl methyl sites for hydroxylation is 1. The van der Waals surface area contributed by atoms with Gasteiger partial charge in [0.25, 0.3) is 0 Å². The molecule has 0 aliphatic rings. The fourth-order valence-electron chi connectivity index (χ4n) is 3.08. The summed E-state index contributed by atoms with van der Waals surface area (Å²) in [7, 11) is 0. The summed E-state index contributed by atoms with van der Waals surface area (Å²) in [6.07, 6.45) is 9.27. The third-order valence-electron chi connectivity index (χ3n) is 4.38. The molecule has 0 spiro atoms. The maximum atomic E-state index is 5.84. The second-order valence-electron chi connectivity index (χ2n) is 6.38. The van der Waals surface area contributed by atoms with Gasteiger partial charge in [0.2, 0.25) is 0 Å². The van der Waals surface area contributed by atoms with Crippen LogP contribution in [-0.2, 0) is 0 Å². The third kappa shape index (κ3) is 4.39. The average molecular weight is 381 g/mol. The predicted molar refractivity (Wildman–Crippen MR) is 119 cm³/mol. The van der Waals surface area contributed by atoms with Crippen LogP contribution in [0.15, 0.2) is 79.9 Å². The molecule has 0 amide bonds. The summed E-state index contributed by atoms with van der Waals surface area (Å²) in [5.41, 5.74) is 4.94. The molecule has 1 aromatic heterocycles. The van der Waals surface area contributed by atoms with Crippen molar-refractivity contribution in [2.45, 2.75) is 6.92 Å². The number of aromatic nitrogens is 1. The Labute approximate surface area is 172 Å². The summed E-state index contributed by atoms with van der Waals surface area (Å²) in [6.45, 7) is 10.3. The van der Waals surface area contributed by atoms with Crippen LogP contribution in [0.5, 0.6) is 11.5 Å². The zero-order valence-corrected chi connectivity index (χ0v) is 16.5. The summed E-state index contributed by atoms with van der Waals surface area (Å²) in [4.78, 5) is 4.93. The van der Waals surface area contributed by atoms with Crippen molar-refractivity contribution in [3.8, 4) is 46.4 Å². The van der Waals surface area contributed by atoms with Crippen LogP contribution in [0.3, 0.4) is 0 Å². The number of pyridine rings is 1. The molecule has 0 bridgehead atoms. The highest BCUT2D eigenvalue weighted by Gasteiger charge is 2.17. The monoisotopic (exact) mass is 381 g/mol. The molecular formula is C26H23NO2. The molecule has 0 N–H and O–H groups in total. The van der Waals surface area contributed by atoms with E-state index in [9.17, 15) is 0 Å². The van der Waals surface area contributed by atoms with Crippen molar-refractivity contribution >= 4 is 0 Å². The van der Waals surface area contributed by atoms with Crippen LogP contribution < -0.4 is 9.47 Å². The van der Waals surface area contributed by atoms with Crippen LogP contribution in [0.1, 0.15) is 11.1 Å². The number of hydrogen-bond donors (Lipinski definition) is 0. The summed E-state index contributed by atoms with van der Waals surface area (Å²) in [5, 5.41) is 0. The highest BCUT2D eigenvalue weighted by atomic mass is 16.5. The van der Waals surface area contributed by atoms with Crippen LogP contribution in [0.25, 0.3) is 22.5 Å². The van der Waals surface area contributed by atoms with Gasteiger partial charge in [0, 0.05) is 11.1 Å². The molecular weight excluding hydrogens is 358 g/mol. The second-order valence-corrected chi connectivity index (χ2v) is 6.38. The molecule has 3 rings (SSSR count). The summed E-state index contributed by atoms with van der Waals surface area (Å²) >= 11 is 0. The smallest absolute Gasteiger partial charge is 0.129 e. The van der Waals surface area contributed by atoms with Gasteiger partial charge in [0.1, 0.15) is 24.7 Å². The maximum absolute atomic E-state index is 5.84. The van der Waals surface area contributed by atoms with Gasteiger partial charge in [0.05, 0.1) is 17.0 Å². The SMILES string of the molecule is C#Cc1c(C)cc(-c2ccccc2OCC=C)nc1-c1ccccc1OCC=C. The number of hydrogen-bond acceptors (Lipinski definition) is 3. The van der Waals surface area contributed by atoms with Gasteiger partial charge < -0.3 is 9.47 Å². The van der Waals surface area contributed by atoms with E-state index in [-0.39, 0.29) is 0 Å². The molecule has 3 aromatic rings. The molecule has 0 saturated heterocycles. The zero-order valence-electron chi connectivity index (χ0n) is 16.5. The summed E-state index contributed by atoms with van der Waals surface area (Å²) in [5.74, 6) is 4.25. The van der Waals surface area contributed by atoms with E-state index in [0.29, 0.717) is 24.7 Å². The van der Waals surface area contributed by atoms with Crippen molar-refractivity contribution in [1.29, 1.82) is 0 Å². The minimum atomic E-state index is 0.402. The molecule has 0 fully saturated rings. The predicted octanol–water partition coefficient (Wildman–Crippen LogP) is 5.83. The van der Waals surface area contributed by atoms with Crippen LogP contribution in [0.2, 0.25) is 0 Å². The first-order valence-electron chi connectivity index (χ1n) is 9.34. The lowest BCUT2D eigenvalue weighted by Gasteiger charge is -2.16. The van der Waals surface area contributed by atoms with Gasteiger partial charge >= 0.3 is 0 Å². The van der Waals surface area contributed by atoms with E-state index >= 15 is 0 Å². The van der Waals surface area contributed by atoms with Gasteiger partial charge in [-0.2, -0.15) is 0 Å². The fraction of sp³-hybridized carbons (Fsp3) is 0.115. The molecule has 0 atom stereocenters. The highest BCUT2D eigenvalue weighted by molar-refractivity contribution is 5.78. The summed E-state index contributed by atoms with van der Waals surface area (Å²) < 4.78 is 11.7. The molecule has 29 heavy (non-hydrogen) atoms. The Morgan fingerprint density at radius 2 is 1.48 bits per heavy atom. The van der Waals surface area contributed by atoms with Crippen molar-refractivity contribution in [2.24, 2.45) is 0 Å². The lowest BCUT2D eigenvalue weighted by molar-refractivity contribution is 0.364. The Balaban J connectivity index is 2.19. The Morgan fingerprint density at radius 3 is 2.07 bits per heavy atom. The van der Waals surface area contributed by atoms with E-state index in [1.807, 2.05) is 61.5 Å². The van der Waals surface area contributed by atoms with Crippen molar-refractivity contribution in [3.05, 3.63) is 91.0 Å². The third-order valence-corrected chi connectivity index (χ3v) is 4.38. The molecule has 3 heteroatoms. The number of terminal acetylenes is 1. The Morgan fingerprint density at radius 1 is 0.931 bits per heavy atom. The molecule has 2 aromatic carbocycles. The van der Waals surface area contributed by atoms with E-state index in [1.165, 1.54) is 0 Å². The van der Waals surface area contributed by atoms with Gasteiger partial charge in [-0.3, -0.25) is 0 Å². The fourth-order valence-corrected chi connectivity index (χ4v) is 3.08. The Bertz CT molecular complexity index is 1080. The lowest BCUT2D eigenvalue weighted by Crippen LogP contribution is -2.01. The Hall–Kier alpha value is -3.77. The van der Waals surface area contributed by atoms with Crippen molar-refractivity contribution in [1.82, 2.24) is 4.98 Å². The number of benzene rings is 2. The minimum Gasteiger partial charge on any atom is -0.489 e. The van der Waals surface area contributed by atoms with Gasteiger partial charge in [-0.25, -0.2) is 4.98 Å². The van der Waals surface area contributed by atoms with Crippen LogP contribution in [-0.4, -0.2) is 18.2 Å². The maximum Gasteiger partial charge on any atom is 0.129 e. The van der Waals surface area contributed by atoms with Crippen molar-refractivity contribution in [2.75, 3.05) is 13.2 Å². The first kappa shape index (κ1) is 20.0. The molecule has 0 saturated carbocycles. The number of ether oxygens (including phenoxy) is 2. The van der Waals surface area contributed by atoms with Gasteiger partial charge in [-0.05, 0) is 42.8 Å². The summed E-state index contributed by atoms with van der Waals surface area (Å²) in [6, 6.07) is 17.5. The van der Waals surface area contributed by atoms with Crippen molar-refractivity contribution in [3.63, 3.8) is 0 Å². The number of nitrogens with zero attached hydrogens (tertiary/aromatic N) is 1. The first-order chi connectivity index (χ1) is 14.2. The Kier molecular flexibility index (Phi) is 6.50. The zero-order chi connectivity index (χ0) is 20.6. The van der Waals surface area contributed by atoms with E-state index in [1.54, 1.807) is 12.2 Å². The minimum absolute atomic E-state index is 0.402. The van der Waals surface area contributed by atoms with E-state index < -0.39 is 0 Å². The standard InChI is InChI=1S/C26H23NO2/c1-5-16-28-24-14-10-8-12-21(24)23-18-19(4)20(7-3)26(27-23)22-13-9-11-15-25(22)29-17-6-2/h3,5-6,8-15,18H,1-2,16-17H2,4H3. The topological polar surface area (TPSA) is 31.4 Å².